The van der Waals surface area contributed by atoms with Gasteiger partial charge < -0.3 is 13.9 Å². The van der Waals surface area contributed by atoms with Gasteiger partial charge in [0.2, 0.25) is 11.8 Å². The third-order valence-electron chi connectivity index (χ3n) is 4.69. The predicted molar refractivity (Wildman–Crippen MR) is 122 cm³/mol. The molecular weight excluding hydrogens is 406 g/mol. The molecule has 0 aliphatic heterocycles. The third-order valence-corrected chi connectivity index (χ3v) is 4.69. The van der Waals surface area contributed by atoms with E-state index < -0.39 is 0 Å². The van der Waals surface area contributed by atoms with Crippen LogP contribution in [0.5, 0.6) is 0 Å². The van der Waals surface area contributed by atoms with Gasteiger partial charge in [-0.2, -0.15) is 0 Å². The van der Waals surface area contributed by atoms with Crippen molar-refractivity contribution in [2.75, 3.05) is 13.2 Å². The first-order valence-electron chi connectivity index (χ1n) is 10.3. The van der Waals surface area contributed by atoms with Crippen molar-refractivity contribution in [2.45, 2.75) is 26.7 Å². The number of aromatic nitrogens is 2. The molecule has 1 N–H and O–H groups in total. The summed E-state index contributed by atoms with van der Waals surface area (Å²) in [6.07, 6.45) is 1.15. The van der Waals surface area contributed by atoms with Crippen LogP contribution in [0.3, 0.4) is 0 Å². The number of rotatable bonds is 7. The number of hydrogen-bond acceptors (Lipinski definition) is 6. The van der Waals surface area contributed by atoms with Crippen molar-refractivity contribution in [1.29, 1.82) is 0 Å². The zero-order valence-electron chi connectivity index (χ0n) is 18.1. The van der Waals surface area contributed by atoms with E-state index >= 15 is 0 Å². The summed E-state index contributed by atoms with van der Waals surface area (Å²) in [5, 5.41) is 12.3. The quantitative estimate of drug-likeness (QED) is 0.229. The van der Waals surface area contributed by atoms with Crippen molar-refractivity contribution in [2.24, 2.45) is 5.11 Å². The number of nitrogens with zero attached hydrogens (tertiary/aromatic N) is 5. The Bertz CT molecular complexity index is 1160. The van der Waals surface area contributed by atoms with E-state index in [9.17, 15) is 0 Å². The van der Waals surface area contributed by atoms with Crippen molar-refractivity contribution >= 4 is 0 Å². The number of aryl methyl sites for hydroxylation is 2. The van der Waals surface area contributed by atoms with Crippen molar-refractivity contribution in [3.05, 3.63) is 94.0 Å². The first kappa shape index (κ1) is 22.8. The topological polar surface area (TPSA) is 121 Å². The summed E-state index contributed by atoms with van der Waals surface area (Å²) in [4.78, 5) is 11.5. The summed E-state index contributed by atoms with van der Waals surface area (Å²) in [5.74, 6) is 2.79. The Kier molecular flexibility index (Phi) is 8.20. The lowest BCUT2D eigenvalue weighted by Crippen LogP contribution is -1.92. The molecule has 4 aromatic rings. The highest BCUT2D eigenvalue weighted by molar-refractivity contribution is 5.54. The second kappa shape index (κ2) is 11.5. The number of oxazole rings is 2. The van der Waals surface area contributed by atoms with E-state index in [0.29, 0.717) is 31.2 Å². The summed E-state index contributed by atoms with van der Waals surface area (Å²) in [5.41, 5.74) is 11.8. The highest BCUT2D eigenvalue weighted by Gasteiger charge is 2.11. The number of aliphatic hydroxyl groups is 1. The van der Waals surface area contributed by atoms with Gasteiger partial charge in [0.05, 0.1) is 11.4 Å². The Labute approximate surface area is 186 Å². The minimum atomic E-state index is 0.0988. The van der Waals surface area contributed by atoms with E-state index in [4.69, 9.17) is 19.5 Å². The average molecular weight is 431 g/mol. The Morgan fingerprint density at radius 1 is 0.812 bits per heavy atom. The largest absolute Gasteiger partial charge is 0.441 e. The molecule has 164 valence electrons. The van der Waals surface area contributed by atoms with E-state index in [1.165, 1.54) is 0 Å². The smallest absolute Gasteiger partial charge is 0.226 e. The molecule has 0 saturated carbocycles. The van der Waals surface area contributed by atoms with Gasteiger partial charge in [-0.15, -0.1) is 0 Å². The fourth-order valence-corrected chi connectivity index (χ4v) is 3.03. The standard InChI is InChI=1S/C12H12N4O.C12H13NO2/c1-9-11(7-8-14-16-13)15-12(17-9)10-5-3-2-4-6-10;1-9-11(7-8-14)13-12(15-9)10-5-3-2-4-6-10/h2-6H,7-8H2,1H3;2-6,14H,7-8H2,1H3. The maximum absolute atomic E-state index is 8.84. The van der Waals surface area contributed by atoms with E-state index in [1.807, 2.05) is 74.5 Å². The first-order chi connectivity index (χ1) is 15.6. The van der Waals surface area contributed by atoms with Gasteiger partial charge in [-0.3, -0.25) is 0 Å². The lowest BCUT2D eigenvalue weighted by molar-refractivity contribution is 0.297. The predicted octanol–water partition coefficient (Wildman–Crippen LogP) is 5.69. The molecule has 4 rings (SSSR count). The number of aliphatic hydroxyl groups excluding tert-OH is 1. The third kappa shape index (κ3) is 6.07. The molecule has 2 aromatic heterocycles. The molecule has 8 nitrogen and oxygen atoms in total. The summed E-state index contributed by atoms with van der Waals surface area (Å²) < 4.78 is 11.1. The highest BCUT2D eigenvalue weighted by atomic mass is 16.4. The maximum atomic E-state index is 8.84. The monoisotopic (exact) mass is 431 g/mol. The zero-order chi connectivity index (χ0) is 22.8. The van der Waals surface area contributed by atoms with Crippen molar-refractivity contribution < 1.29 is 13.9 Å². The maximum Gasteiger partial charge on any atom is 0.226 e. The summed E-state index contributed by atoms with van der Waals surface area (Å²) >= 11 is 0. The first-order valence-corrected chi connectivity index (χ1v) is 10.3. The van der Waals surface area contributed by atoms with Crippen molar-refractivity contribution in [3.8, 4) is 22.9 Å². The van der Waals surface area contributed by atoms with E-state index in [2.05, 4.69) is 20.0 Å². The molecule has 8 heteroatoms. The van der Waals surface area contributed by atoms with Gasteiger partial charge in [0.15, 0.2) is 0 Å². The van der Waals surface area contributed by atoms with Crippen LogP contribution in [0.15, 0.2) is 74.6 Å². The van der Waals surface area contributed by atoms with Crippen LogP contribution in [-0.4, -0.2) is 28.2 Å². The normalized spacial score (nSPS) is 10.2. The molecule has 0 aliphatic rings. The summed E-state index contributed by atoms with van der Waals surface area (Å²) in [7, 11) is 0. The molecule has 32 heavy (non-hydrogen) atoms. The molecule has 0 bridgehead atoms. The van der Waals surface area contributed by atoms with Crippen LogP contribution in [0.1, 0.15) is 22.9 Å². The van der Waals surface area contributed by atoms with Gasteiger partial charge in [-0.25, -0.2) is 9.97 Å². The average Bonchev–Trinajstić information content (AvgIpc) is 3.38. The zero-order valence-corrected chi connectivity index (χ0v) is 18.1. The fraction of sp³-hybridized carbons (Fsp3) is 0.250. The van der Waals surface area contributed by atoms with Crippen LogP contribution in [0, 0.1) is 13.8 Å². The van der Waals surface area contributed by atoms with Gasteiger partial charge in [0.1, 0.15) is 11.5 Å². The molecule has 0 radical (unpaired) electrons. The number of azide groups is 1. The molecule has 0 saturated heterocycles. The second-order valence-electron chi connectivity index (χ2n) is 6.95. The van der Waals surface area contributed by atoms with E-state index in [-0.39, 0.29) is 6.61 Å². The molecule has 0 amide bonds. The number of benzene rings is 2. The van der Waals surface area contributed by atoms with Gasteiger partial charge in [-0.1, -0.05) is 41.5 Å². The van der Waals surface area contributed by atoms with Gasteiger partial charge in [-0.05, 0) is 50.1 Å². The Morgan fingerprint density at radius 3 is 1.72 bits per heavy atom. The van der Waals surface area contributed by atoms with Gasteiger partial charge in [0.25, 0.3) is 0 Å². The highest BCUT2D eigenvalue weighted by Crippen LogP contribution is 2.22. The van der Waals surface area contributed by atoms with E-state index in [0.717, 1.165) is 34.0 Å². The molecule has 0 spiro atoms. The van der Waals surface area contributed by atoms with Crippen LogP contribution < -0.4 is 0 Å². The fourth-order valence-electron chi connectivity index (χ4n) is 3.03. The second-order valence-corrected chi connectivity index (χ2v) is 6.95. The van der Waals surface area contributed by atoms with Crippen molar-refractivity contribution in [1.82, 2.24) is 9.97 Å². The molecule has 2 heterocycles. The summed E-state index contributed by atoms with van der Waals surface area (Å²) in [6.45, 7) is 4.23. The van der Waals surface area contributed by atoms with E-state index in [1.54, 1.807) is 0 Å². The number of hydrogen-bond donors (Lipinski definition) is 1. The van der Waals surface area contributed by atoms with Crippen LogP contribution in [0.4, 0.5) is 0 Å². The minimum Gasteiger partial charge on any atom is -0.441 e. The molecular formula is C24H25N5O3. The SMILES string of the molecule is Cc1oc(-c2ccccc2)nc1CCN=[N+]=[N-].Cc1oc(-c2ccccc2)nc1CCO. The Hall–Kier alpha value is -3.87. The molecule has 0 fully saturated rings. The van der Waals surface area contributed by atoms with Crippen molar-refractivity contribution in [3.63, 3.8) is 0 Å². The van der Waals surface area contributed by atoms with Gasteiger partial charge in [0, 0.05) is 35.6 Å². The molecule has 0 atom stereocenters. The molecule has 0 unspecified atom stereocenters. The molecule has 0 aliphatic carbocycles. The lowest BCUT2D eigenvalue weighted by Gasteiger charge is -1.92. The summed E-state index contributed by atoms with van der Waals surface area (Å²) in [6, 6.07) is 19.5. The Morgan fingerprint density at radius 2 is 1.28 bits per heavy atom. The van der Waals surface area contributed by atoms with Crippen LogP contribution in [-0.2, 0) is 12.8 Å². The lowest BCUT2D eigenvalue weighted by atomic mass is 10.2. The van der Waals surface area contributed by atoms with Gasteiger partial charge >= 0.3 is 0 Å². The van der Waals surface area contributed by atoms with Crippen LogP contribution >= 0.6 is 0 Å². The van der Waals surface area contributed by atoms with Crippen LogP contribution in [0.25, 0.3) is 33.4 Å². The molecule has 2 aromatic carbocycles. The van der Waals surface area contributed by atoms with Crippen LogP contribution in [0.2, 0.25) is 0 Å². The Balaban J connectivity index is 0.000000182. The minimum absolute atomic E-state index is 0.0988.